The number of hydrogen-bond donors (Lipinski definition) is 3. The second kappa shape index (κ2) is 5.05. The van der Waals surface area contributed by atoms with E-state index in [2.05, 4.69) is 0 Å². The number of nitrogens with two attached hydrogens (primary N) is 1. The van der Waals surface area contributed by atoms with Crippen LogP contribution in [0.25, 0.3) is 0 Å². The summed E-state index contributed by atoms with van der Waals surface area (Å²) in [4.78, 5) is 21.8. The lowest BCUT2D eigenvalue weighted by Crippen LogP contribution is -2.64. The van der Waals surface area contributed by atoms with Crippen molar-refractivity contribution in [1.82, 2.24) is 5.32 Å². The van der Waals surface area contributed by atoms with Gasteiger partial charge in [0.1, 0.15) is 0 Å². The Labute approximate surface area is 95.2 Å². The first-order valence-electron chi connectivity index (χ1n) is 4.37. The molecule has 0 aromatic rings. The summed E-state index contributed by atoms with van der Waals surface area (Å²) in [6.07, 6.45) is -0.613. The van der Waals surface area contributed by atoms with E-state index >= 15 is 0 Å². The summed E-state index contributed by atoms with van der Waals surface area (Å²) in [5, 5.41) is 9.85. The molecule has 0 aromatic heterocycles. The zero-order valence-electron chi connectivity index (χ0n) is 8.84. The molecule has 96 valence electrons. The fraction of sp³-hybridized carbons (Fsp3) is 0.556. The van der Waals surface area contributed by atoms with Crippen LogP contribution in [0.15, 0.2) is 0 Å². The largest absolute Gasteiger partial charge is 0.479 e. The maximum Gasteiger partial charge on any atom is 0.422 e. The highest BCUT2D eigenvalue weighted by molar-refractivity contribution is 5.90. The Morgan fingerprint density at radius 1 is 1.53 bits per heavy atom. The number of hydrogen-bond acceptors (Lipinski definition) is 3. The number of aliphatic carboxylic acids is 1. The number of alkyl halides is 3. The number of halogens is 3. The highest BCUT2D eigenvalue weighted by atomic mass is 19.4. The monoisotopic (exact) mass is 252 g/mol. The molecule has 0 saturated heterocycles. The van der Waals surface area contributed by atoms with E-state index in [0.29, 0.717) is 6.92 Å². The van der Waals surface area contributed by atoms with Crippen LogP contribution in [0.1, 0.15) is 13.3 Å². The highest BCUT2D eigenvalue weighted by Crippen LogP contribution is 2.30. The van der Waals surface area contributed by atoms with Crippen molar-refractivity contribution < 1.29 is 27.9 Å². The van der Waals surface area contributed by atoms with E-state index in [1.54, 1.807) is 0 Å². The summed E-state index contributed by atoms with van der Waals surface area (Å²) in [6, 6.07) is -1.39. The Kier molecular flexibility index (Phi) is 4.53. The predicted molar refractivity (Wildman–Crippen MR) is 51.7 cm³/mol. The van der Waals surface area contributed by atoms with Crippen molar-refractivity contribution in [3.63, 3.8) is 0 Å². The van der Waals surface area contributed by atoms with Gasteiger partial charge < -0.3 is 16.2 Å². The van der Waals surface area contributed by atoms with Crippen molar-refractivity contribution in [2.24, 2.45) is 5.73 Å². The van der Waals surface area contributed by atoms with E-state index < -0.39 is 29.6 Å². The summed E-state index contributed by atoms with van der Waals surface area (Å²) in [7, 11) is 0. The Bertz CT molecular complexity index is 361. The number of amides is 1. The number of carbonyl (C=O) groups is 2. The molecule has 1 amide bonds. The Morgan fingerprint density at radius 2 is 2.00 bits per heavy atom. The minimum atomic E-state index is -5.15. The zero-order valence-corrected chi connectivity index (χ0v) is 8.84. The number of carboxylic acids is 1. The van der Waals surface area contributed by atoms with Gasteiger partial charge in [0.15, 0.2) is 0 Å². The molecule has 2 atom stereocenters. The molecule has 4 N–H and O–H groups in total. The summed E-state index contributed by atoms with van der Waals surface area (Å²) in [5.41, 5.74) is 1.77. The standard InChI is InChI=1S/C9H11F3N2O3/c1-3-4-5(13)6(15)14-8(2,7(16)17)9(10,11)12/h1,5H,4,13H2,2H3,(H,14,15)(H,16,17). The lowest BCUT2D eigenvalue weighted by Gasteiger charge is -2.29. The van der Waals surface area contributed by atoms with Crippen LogP contribution in [-0.2, 0) is 9.59 Å². The Morgan fingerprint density at radius 3 is 2.29 bits per heavy atom. The summed E-state index contributed by atoms with van der Waals surface area (Å²) in [5.74, 6) is -1.52. The van der Waals surface area contributed by atoms with Gasteiger partial charge in [-0.25, -0.2) is 4.79 Å². The molecule has 0 spiro atoms. The van der Waals surface area contributed by atoms with Crippen molar-refractivity contribution in [3.8, 4) is 12.3 Å². The van der Waals surface area contributed by atoms with E-state index in [0.717, 1.165) is 0 Å². The number of carbonyl (C=O) groups excluding carboxylic acids is 1. The molecule has 0 saturated carbocycles. The molecule has 0 heterocycles. The first-order valence-corrected chi connectivity index (χ1v) is 4.37. The number of carboxylic acid groups (broad SMARTS) is 1. The molecule has 0 aliphatic heterocycles. The number of nitrogens with one attached hydrogen (secondary N) is 1. The van der Waals surface area contributed by atoms with E-state index in [4.69, 9.17) is 17.3 Å². The number of rotatable bonds is 4. The summed E-state index contributed by atoms with van der Waals surface area (Å²) in [6.45, 7) is 0.329. The highest BCUT2D eigenvalue weighted by Gasteiger charge is 2.58. The summed E-state index contributed by atoms with van der Waals surface area (Å²) >= 11 is 0. The van der Waals surface area contributed by atoms with Crippen molar-refractivity contribution in [1.29, 1.82) is 0 Å². The van der Waals surface area contributed by atoms with Crippen LogP contribution in [-0.4, -0.2) is 34.7 Å². The van der Waals surface area contributed by atoms with Gasteiger partial charge in [-0.05, 0) is 6.92 Å². The lowest BCUT2D eigenvalue weighted by atomic mass is 10.0. The normalized spacial score (nSPS) is 16.5. The van der Waals surface area contributed by atoms with Gasteiger partial charge in [0, 0.05) is 6.42 Å². The van der Waals surface area contributed by atoms with Gasteiger partial charge in [-0.15, -0.1) is 12.3 Å². The third-order valence-electron chi connectivity index (χ3n) is 2.04. The van der Waals surface area contributed by atoms with Crippen molar-refractivity contribution in [2.75, 3.05) is 0 Å². The Balaban J connectivity index is 5.00. The van der Waals surface area contributed by atoms with E-state index in [-0.39, 0.29) is 6.42 Å². The first-order chi connectivity index (χ1) is 7.56. The van der Waals surface area contributed by atoms with Gasteiger partial charge in [0.05, 0.1) is 6.04 Å². The molecular formula is C9H11F3N2O3. The van der Waals surface area contributed by atoms with Crippen molar-refractivity contribution >= 4 is 11.9 Å². The maximum atomic E-state index is 12.5. The predicted octanol–water partition coefficient (Wildman–Crippen LogP) is -0.141. The topological polar surface area (TPSA) is 92.4 Å². The van der Waals surface area contributed by atoms with E-state index in [1.165, 1.54) is 5.32 Å². The SMILES string of the molecule is C#CCC(N)C(=O)NC(C)(C(=O)O)C(F)(F)F. The quantitative estimate of drug-likeness (QED) is 0.607. The molecule has 0 aliphatic carbocycles. The van der Waals surface area contributed by atoms with Gasteiger partial charge >= 0.3 is 12.1 Å². The van der Waals surface area contributed by atoms with Crippen LogP contribution >= 0.6 is 0 Å². The zero-order chi connectivity index (χ0) is 13.9. The van der Waals surface area contributed by atoms with Crippen LogP contribution in [0.4, 0.5) is 13.2 Å². The fourth-order valence-corrected chi connectivity index (χ4v) is 0.804. The van der Waals surface area contributed by atoms with Gasteiger partial charge in [0.2, 0.25) is 11.4 Å². The van der Waals surface area contributed by atoms with Gasteiger partial charge in [0.25, 0.3) is 0 Å². The molecule has 0 radical (unpaired) electrons. The lowest BCUT2D eigenvalue weighted by molar-refractivity contribution is -0.207. The van der Waals surface area contributed by atoms with Crippen LogP contribution in [0.5, 0.6) is 0 Å². The minimum absolute atomic E-state index is 0.292. The van der Waals surface area contributed by atoms with Gasteiger partial charge in [-0.2, -0.15) is 13.2 Å². The van der Waals surface area contributed by atoms with E-state index in [9.17, 15) is 22.8 Å². The van der Waals surface area contributed by atoms with Crippen LogP contribution in [0.3, 0.4) is 0 Å². The third-order valence-corrected chi connectivity index (χ3v) is 2.04. The fourth-order valence-electron chi connectivity index (χ4n) is 0.804. The van der Waals surface area contributed by atoms with Gasteiger partial charge in [-0.1, -0.05) is 0 Å². The van der Waals surface area contributed by atoms with Gasteiger partial charge in [-0.3, -0.25) is 4.79 Å². The average Bonchev–Trinajstić information content (AvgIpc) is 2.15. The Hall–Kier alpha value is -1.75. The van der Waals surface area contributed by atoms with Crippen molar-refractivity contribution in [2.45, 2.75) is 31.1 Å². The molecule has 0 aromatic carbocycles. The molecule has 0 rings (SSSR count). The molecule has 0 bridgehead atoms. The van der Waals surface area contributed by atoms with Crippen LogP contribution in [0.2, 0.25) is 0 Å². The number of terminal acetylenes is 1. The average molecular weight is 252 g/mol. The molecule has 5 nitrogen and oxygen atoms in total. The minimum Gasteiger partial charge on any atom is -0.479 e. The van der Waals surface area contributed by atoms with E-state index in [1.807, 2.05) is 5.92 Å². The van der Waals surface area contributed by atoms with Crippen LogP contribution in [0, 0.1) is 12.3 Å². The maximum absolute atomic E-state index is 12.5. The third kappa shape index (κ3) is 3.35. The molecule has 2 unspecified atom stereocenters. The molecule has 17 heavy (non-hydrogen) atoms. The second-order valence-electron chi connectivity index (χ2n) is 3.43. The molecular weight excluding hydrogens is 241 g/mol. The molecule has 0 aliphatic rings. The molecule has 0 fully saturated rings. The smallest absolute Gasteiger partial charge is 0.422 e. The van der Waals surface area contributed by atoms with Crippen LogP contribution < -0.4 is 11.1 Å². The molecule has 8 heteroatoms. The first kappa shape index (κ1) is 15.2. The van der Waals surface area contributed by atoms with Crippen molar-refractivity contribution in [3.05, 3.63) is 0 Å². The summed E-state index contributed by atoms with van der Waals surface area (Å²) < 4.78 is 37.5. The second-order valence-corrected chi connectivity index (χ2v) is 3.43.